The third-order valence-electron chi connectivity index (χ3n) is 2.69. The second-order valence-corrected chi connectivity index (χ2v) is 4.08. The van der Waals surface area contributed by atoms with Gasteiger partial charge in [-0.25, -0.2) is 15.2 Å². The fourth-order valence-corrected chi connectivity index (χ4v) is 1.72. The van der Waals surface area contributed by atoms with Crippen molar-refractivity contribution in [1.29, 1.82) is 0 Å². The summed E-state index contributed by atoms with van der Waals surface area (Å²) in [4.78, 5) is 15.7. The number of hydrogen-bond donors (Lipinski definition) is 3. The molecule has 1 amide bonds. The molecule has 1 aromatic heterocycles. The van der Waals surface area contributed by atoms with E-state index in [1.807, 2.05) is 6.92 Å². The van der Waals surface area contributed by atoms with E-state index in [0.29, 0.717) is 18.0 Å². The average molecular weight is 290 g/mol. The summed E-state index contributed by atoms with van der Waals surface area (Å²) < 4.78 is 19.2. The van der Waals surface area contributed by atoms with Gasteiger partial charge in [0, 0.05) is 11.9 Å². The van der Waals surface area contributed by atoms with Gasteiger partial charge in [-0.3, -0.25) is 4.79 Å². The fourth-order valence-electron chi connectivity index (χ4n) is 1.72. The third kappa shape index (κ3) is 3.46. The van der Waals surface area contributed by atoms with Crippen LogP contribution < -0.4 is 21.3 Å². The number of halogens is 1. The molecule has 0 aliphatic carbocycles. The first-order valence-electron chi connectivity index (χ1n) is 6.31. The number of nitrogens with zero attached hydrogens (tertiary/aromatic N) is 1. The van der Waals surface area contributed by atoms with Crippen molar-refractivity contribution in [2.45, 2.75) is 6.92 Å². The highest BCUT2D eigenvalue weighted by Gasteiger charge is 2.15. The van der Waals surface area contributed by atoms with Crippen LogP contribution in [0.5, 0.6) is 5.75 Å². The van der Waals surface area contributed by atoms with Gasteiger partial charge in [0.15, 0.2) is 11.6 Å². The summed E-state index contributed by atoms with van der Waals surface area (Å²) in [5.74, 6) is 4.24. The molecule has 0 saturated carbocycles. The van der Waals surface area contributed by atoms with Crippen LogP contribution >= 0.6 is 0 Å². The van der Waals surface area contributed by atoms with E-state index in [-0.39, 0.29) is 11.4 Å². The van der Waals surface area contributed by atoms with E-state index >= 15 is 0 Å². The van der Waals surface area contributed by atoms with Gasteiger partial charge in [-0.1, -0.05) is 0 Å². The lowest BCUT2D eigenvalue weighted by Crippen LogP contribution is -2.17. The highest BCUT2D eigenvalue weighted by Crippen LogP contribution is 2.18. The lowest BCUT2D eigenvalue weighted by Gasteiger charge is -2.09. The second kappa shape index (κ2) is 6.67. The Morgan fingerprint density at radius 1 is 1.33 bits per heavy atom. The molecule has 4 N–H and O–H groups in total. The van der Waals surface area contributed by atoms with Gasteiger partial charge in [-0.2, -0.15) is 0 Å². The number of amides is 1. The maximum absolute atomic E-state index is 13.9. The normalized spacial score (nSPS) is 10.0. The molecule has 2 aromatic rings. The third-order valence-corrected chi connectivity index (χ3v) is 2.69. The Balaban J connectivity index is 2.14. The number of aromatic nitrogens is 1. The Kier molecular flexibility index (Phi) is 4.68. The number of hydrazine groups is 1. The van der Waals surface area contributed by atoms with Crippen molar-refractivity contribution < 1.29 is 13.9 Å². The molecule has 0 aliphatic heterocycles. The molecule has 6 nitrogen and oxygen atoms in total. The summed E-state index contributed by atoms with van der Waals surface area (Å²) in [5, 5.41) is 2.59. The zero-order valence-corrected chi connectivity index (χ0v) is 11.4. The molecule has 21 heavy (non-hydrogen) atoms. The van der Waals surface area contributed by atoms with Crippen LogP contribution in [0.4, 0.5) is 15.9 Å². The number of pyridine rings is 1. The van der Waals surface area contributed by atoms with Crippen molar-refractivity contribution in [1.82, 2.24) is 4.98 Å². The smallest absolute Gasteiger partial charge is 0.258 e. The van der Waals surface area contributed by atoms with Crippen LogP contribution in [0, 0.1) is 5.82 Å². The molecule has 2 rings (SSSR count). The Bertz CT molecular complexity index is 631. The van der Waals surface area contributed by atoms with Crippen LogP contribution in [0.25, 0.3) is 0 Å². The van der Waals surface area contributed by atoms with Gasteiger partial charge in [0.25, 0.3) is 5.91 Å². The van der Waals surface area contributed by atoms with Crippen LogP contribution in [0.2, 0.25) is 0 Å². The molecule has 110 valence electrons. The lowest BCUT2D eigenvalue weighted by molar-refractivity contribution is 0.102. The summed E-state index contributed by atoms with van der Waals surface area (Å²) in [6.07, 6.45) is 1.30. The zero-order chi connectivity index (χ0) is 15.2. The van der Waals surface area contributed by atoms with Crippen molar-refractivity contribution in [3.05, 3.63) is 47.9 Å². The lowest BCUT2D eigenvalue weighted by atomic mass is 10.2. The van der Waals surface area contributed by atoms with Crippen molar-refractivity contribution in [2.75, 3.05) is 17.3 Å². The van der Waals surface area contributed by atoms with Crippen LogP contribution in [-0.2, 0) is 0 Å². The summed E-state index contributed by atoms with van der Waals surface area (Å²) >= 11 is 0. The van der Waals surface area contributed by atoms with Gasteiger partial charge in [0.05, 0.1) is 12.2 Å². The first-order valence-corrected chi connectivity index (χ1v) is 6.31. The maximum atomic E-state index is 13.9. The van der Waals surface area contributed by atoms with Crippen LogP contribution in [0.15, 0.2) is 36.5 Å². The van der Waals surface area contributed by atoms with E-state index in [0.717, 1.165) is 0 Å². The van der Waals surface area contributed by atoms with Crippen molar-refractivity contribution in [3.8, 4) is 5.75 Å². The SMILES string of the molecule is CCOc1ccc(NC(=O)c2ccnc(NN)c2F)cc1. The molecule has 0 atom stereocenters. The number of carbonyl (C=O) groups excluding carboxylic acids is 1. The summed E-state index contributed by atoms with van der Waals surface area (Å²) in [6.45, 7) is 2.44. The van der Waals surface area contributed by atoms with E-state index in [1.165, 1.54) is 12.3 Å². The molecule has 0 spiro atoms. The molecular weight excluding hydrogens is 275 g/mol. The first-order chi connectivity index (χ1) is 10.2. The van der Waals surface area contributed by atoms with Gasteiger partial charge in [0.2, 0.25) is 0 Å². The van der Waals surface area contributed by atoms with E-state index in [2.05, 4.69) is 15.7 Å². The minimum absolute atomic E-state index is 0.146. The number of ether oxygens (including phenoxy) is 1. The van der Waals surface area contributed by atoms with Crippen LogP contribution in [-0.4, -0.2) is 17.5 Å². The predicted octanol–water partition coefficient (Wildman–Crippen LogP) is 2.16. The van der Waals surface area contributed by atoms with Gasteiger partial charge in [-0.05, 0) is 37.3 Å². The van der Waals surface area contributed by atoms with E-state index in [9.17, 15) is 9.18 Å². The standard InChI is InChI=1S/C14H15FN4O2/c1-2-21-10-5-3-9(4-6-10)18-14(20)11-7-8-17-13(19-16)12(11)15/h3-8H,2,16H2,1H3,(H,17,19)(H,18,20). The number of benzene rings is 1. The number of anilines is 2. The van der Waals surface area contributed by atoms with Crippen molar-refractivity contribution in [3.63, 3.8) is 0 Å². The highest BCUT2D eigenvalue weighted by atomic mass is 19.1. The Hall–Kier alpha value is -2.67. The van der Waals surface area contributed by atoms with E-state index in [4.69, 9.17) is 10.6 Å². The first kappa shape index (κ1) is 14.7. The molecular formula is C14H15FN4O2. The monoisotopic (exact) mass is 290 g/mol. The topological polar surface area (TPSA) is 89.3 Å². The largest absolute Gasteiger partial charge is 0.494 e. The van der Waals surface area contributed by atoms with Crippen LogP contribution in [0.3, 0.4) is 0 Å². The number of carbonyl (C=O) groups is 1. The zero-order valence-electron chi connectivity index (χ0n) is 11.4. The average Bonchev–Trinajstić information content (AvgIpc) is 2.49. The van der Waals surface area contributed by atoms with Crippen LogP contribution in [0.1, 0.15) is 17.3 Å². The Morgan fingerprint density at radius 2 is 2.05 bits per heavy atom. The second-order valence-electron chi connectivity index (χ2n) is 4.08. The highest BCUT2D eigenvalue weighted by molar-refractivity contribution is 6.04. The van der Waals surface area contributed by atoms with Crippen molar-refractivity contribution in [2.24, 2.45) is 5.84 Å². The molecule has 0 aliphatic rings. The van der Waals surface area contributed by atoms with Gasteiger partial charge in [-0.15, -0.1) is 0 Å². The molecule has 1 heterocycles. The molecule has 0 radical (unpaired) electrons. The van der Waals surface area contributed by atoms with Gasteiger partial charge >= 0.3 is 0 Å². The summed E-state index contributed by atoms with van der Waals surface area (Å²) in [5.41, 5.74) is 2.48. The summed E-state index contributed by atoms with van der Waals surface area (Å²) in [6, 6.07) is 8.05. The predicted molar refractivity (Wildman–Crippen MR) is 77.6 cm³/mol. The fraction of sp³-hybridized carbons (Fsp3) is 0.143. The molecule has 1 aromatic carbocycles. The van der Waals surface area contributed by atoms with Crippen molar-refractivity contribution >= 4 is 17.4 Å². The number of hydrogen-bond acceptors (Lipinski definition) is 5. The Morgan fingerprint density at radius 3 is 2.67 bits per heavy atom. The molecule has 0 unspecified atom stereocenters. The molecule has 0 saturated heterocycles. The summed E-state index contributed by atoms with van der Waals surface area (Å²) in [7, 11) is 0. The molecule has 0 fully saturated rings. The van der Waals surface area contributed by atoms with E-state index in [1.54, 1.807) is 24.3 Å². The molecule has 0 bridgehead atoms. The van der Waals surface area contributed by atoms with Gasteiger partial charge in [0.1, 0.15) is 5.75 Å². The number of nitrogens with one attached hydrogen (secondary N) is 2. The number of rotatable bonds is 5. The van der Waals surface area contributed by atoms with Gasteiger partial charge < -0.3 is 15.5 Å². The number of nitrogen functional groups attached to an aromatic ring is 1. The minimum atomic E-state index is -0.802. The molecule has 7 heteroatoms. The minimum Gasteiger partial charge on any atom is -0.494 e. The number of nitrogens with two attached hydrogens (primary N) is 1. The maximum Gasteiger partial charge on any atom is 0.258 e. The quantitative estimate of drug-likeness (QED) is 0.580. The Labute approximate surface area is 121 Å². The van der Waals surface area contributed by atoms with E-state index < -0.39 is 11.7 Å².